The van der Waals surface area contributed by atoms with Gasteiger partial charge in [0.15, 0.2) is 0 Å². The topological polar surface area (TPSA) is 34.4 Å². The van der Waals surface area contributed by atoms with Crippen molar-refractivity contribution in [2.75, 3.05) is 20.3 Å². The van der Waals surface area contributed by atoms with Crippen LogP contribution in [0.15, 0.2) is 50.8 Å². The molecule has 4 heteroatoms. The van der Waals surface area contributed by atoms with E-state index in [2.05, 4.69) is 29.6 Å². The van der Waals surface area contributed by atoms with Crippen molar-refractivity contribution in [3.05, 3.63) is 47.9 Å². The number of rotatable bonds is 7. The van der Waals surface area contributed by atoms with Gasteiger partial charge in [-0.25, -0.2) is 0 Å². The molecule has 0 unspecified atom stereocenters. The van der Waals surface area contributed by atoms with Gasteiger partial charge < -0.3 is 14.5 Å². The third-order valence-corrected chi connectivity index (χ3v) is 4.06. The summed E-state index contributed by atoms with van der Waals surface area (Å²) in [7, 11) is 1.72. The molecule has 0 saturated heterocycles. The van der Waals surface area contributed by atoms with Crippen LogP contribution in [0.4, 0.5) is 0 Å². The Labute approximate surface area is 118 Å². The van der Waals surface area contributed by atoms with E-state index in [9.17, 15) is 0 Å². The normalized spacial score (nSPS) is 10.8. The molecule has 2 aromatic rings. The molecule has 0 aliphatic heterocycles. The lowest BCUT2D eigenvalue weighted by Gasteiger charge is -2.09. The zero-order valence-electron chi connectivity index (χ0n) is 11.3. The number of nitrogens with one attached hydrogen (secondary N) is 1. The highest BCUT2D eigenvalue weighted by molar-refractivity contribution is 7.99. The number of furan rings is 1. The maximum absolute atomic E-state index is 5.34. The van der Waals surface area contributed by atoms with Crippen molar-refractivity contribution in [2.24, 2.45) is 0 Å². The average Bonchev–Trinajstić information content (AvgIpc) is 2.82. The van der Waals surface area contributed by atoms with Crippen LogP contribution in [0.1, 0.15) is 11.3 Å². The second-order valence-electron chi connectivity index (χ2n) is 4.22. The Morgan fingerprint density at radius 3 is 2.79 bits per heavy atom. The molecule has 2 rings (SSSR count). The van der Waals surface area contributed by atoms with Crippen molar-refractivity contribution in [1.29, 1.82) is 0 Å². The Kier molecular flexibility index (Phi) is 5.51. The van der Waals surface area contributed by atoms with Gasteiger partial charge in [0.1, 0.15) is 5.76 Å². The van der Waals surface area contributed by atoms with Crippen LogP contribution in [0.2, 0.25) is 0 Å². The molecule has 0 amide bonds. The minimum Gasteiger partial charge on any atom is -0.468 e. The highest BCUT2D eigenvalue weighted by atomic mass is 32.2. The van der Waals surface area contributed by atoms with Crippen LogP contribution in [0.3, 0.4) is 0 Å². The van der Waals surface area contributed by atoms with Crippen molar-refractivity contribution >= 4 is 11.8 Å². The molecule has 3 nitrogen and oxygen atoms in total. The molecular formula is C15H19NO2S. The summed E-state index contributed by atoms with van der Waals surface area (Å²) >= 11 is 1.75. The maximum Gasteiger partial charge on any atom is 0.114 e. The van der Waals surface area contributed by atoms with E-state index in [-0.39, 0.29) is 0 Å². The fourth-order valence-electron chi connectivity index (χ4n) is 1.74. The van der Waals surface area contributed by atoms with Gasteiger partial charge in [-0.2, -0.15) is 0 Å². The van der Waals surface area contributed by atoms with E-state index in [4.69, 9.17) is 9.15 Å². The van der Waals surface area contributed by atoms with Gasteiger partial charge in [0, 0.05) is 25.1 Å². The first-order valence-electron chi connectivity index (χ1n) is 6.31. The lowest BCUT2D eigenvalue weighted by molar-refractivity contribution is 0.199. The van der Waals surface area contributed by atoms with E-state index in [0.29, 0.717) is 0 Å². The number of hydrogen-bond donors (Lipinski definition) is 1. The summed E-state index contributed by atoms with van der Waals surface area (Å²) in [6.07, 6.45) is 1.73. The molecule has 0 aliphatic carbocycles. The Hall–Kier alpha value is -1.23. The van der Waals surface area contributed by atoms with Crippen LogP contribution in [0, 0.1) is 6.92 Å². The summed E-state index contributed by atoms with van der Waals surface area (Å²) in [5.41, 5.74) is 1.30. The molecule has 0 aliphatic rings. The maximum atomic E-state index is 5.34. The molecule has 0 bridgehead atoms. The van der Waals surface area contributed by atoms with Crippen LogP contribution >= 0.6 is 11.8 Å². The predicted molar refractivity (Wildman–Crippen MR) is 77.6 cm³/mol. The van der Waals surface area contributed by atoms with Gasteiger partial charge in [-0.05, 0) is 24.6 Å². The largest absolute Gasteiger partial charge is 0.468 e. The van der Waals surface area contributed by atoms with Gasteiger partial charge >= 0.3 is 0 Å². The first-order valence-corrected chi connectivity index (χ1v) is 7.12. The molecule has 0 spiro atoms. The Bertz CT molecular complexity index is 510. The van der Waals surface area contributed by atoms with Crippen LogP contribution in [-0.4, -0.2) is 20.3 Å². The van der Waals surface area contributed by atoms with Gasteiger partial charge in [0.05, 0.1) is 17.8 Å². The summed E-state index contributed by atoms with van der Waals surface area (Å²) in [6.45, 7) is 4.43. The minimum absolute atomic E-state index is 0.732. The van der Waals surface area contributed by atoms with E-state index in [1.165, 1.54) is 15.4 Å². The number of hydrogen-bond acceptors (Lipinski definition) is 4. The summed E-state index contributed by atoms with van der Waals surface area (Å²) in [4.78, 5) is 2.43. The molecule has 1 aromatic carbocycles. The zero-order chi connectivity index (χ0) is 13.5. The molecule has 0 radical (unpaired) electrons. The number of aryl methyl sites for hydroxylation is 1. The highest BCUT2D eigenvalue weighted by Gasteiger charge is 2.07. The molecule has 1 heterocycles. The molecule has 0 saturated carbocycles. The minimum atomic E-state index is 0.732. The number of methoxy groups -OCH3 is 1. The van der Waals surface area contributed by atoms with Gasteiger partial charge in [0.2, 0.25) is 0 Å². The van der Waals surface area contributed by atoms with Crippen molar-refractivity contribution < 1.29 is 9.15 Å². The van der Waals surface area contributed by atoms with E-state index in [0.717, 1.165) is 25.5 Å². The highest BCUT2D eigenvalue weighted by Crippen LogP contribution is 2.33. The summed E-state index contributed by atoms with van der Waals surface area (Å²) in [6, 6.07) is 10.4. The smallest absolute Gasteiger partial charge is 0.114 e. The SMILES string of the molecule is COCCNCc1ccccc1Sc1ccoc1C. The van der Waals surface area contributed by atoms with Gasteiger partial charge in [0.25, 0.3) is 0 Å². The van der Waals surface area contributed by atoms with E-state index >= 15 is 0 Å². The summed E-state index contributed by atoms with van der Waals surface area (Å²) in [5, 5.41) is 3.38. The zero-order valence-corrected chi connectivity index (χ0v) is 12.1. The fourth-order valence-corrected chi connectivity index (χ4v) is 2.71. The van der Waals surface area contributed by atoms with E-state index < -0.39 is 0 Å². The Morgan fingerprint density at radius 1 is 1.21 bits per heavy atom. The number of benzene rings is 1. The molecule has 102 valence electrons. The second-order valence-corrected chi connectivity index (χ2v) is 5.30. The Balaban J connectivity index is 2.02. The van der Waals surface area contributed by atoms with Gasteiger partial charge in [-0.15, -0.1) is 0 Å². The van der Waals surface area contributed by atoms with Crippen molar-refractivity contribution in [3.8, 4) is 0 Å². The van der Waals surface area contributed by atoms with E-state index in [1.807, 2.05) is 13.0 Å². The monoisotopic (exact) mass is 277 g/mol. The van der Waals surface area contributed by atoms with E-state index in [1.54, 1.807) is 25.1 Å². The van der Waals surface area contributed by atoms with Crippen LogP contribution in [-0.2, 0) is 11.3 Å². The van der Waals surface area contributed by atoms with Crippen LogP contribution in [0.5, 0.6) is 0 Å². The molecular weight excluding hydrogens is 258 g/mol. The standard InChI is InChI=1S/C15H19NO2S/c1-12-14(7-9-18-12)19-15-6-4-3-5-13(15)11-16-8-10-17-2/h3-7,9,16H,8,10-11H2,1-2H3. The lowest BCUT2D eigenvalue weighted by atomic mass is 10.2. The van der Waals surface area contributed by atoms with Crippen molar-refractivity contribution in [3.63, 3.8) is 0 Å². The molecule has 1 N–H and O–H groups in total. The van der Waals surface area contributed by atoms with Crippen LogP contribution in [0.25, 0.3) is 0 Å². The lowest BCUT2D eigenvalue weighted by Crippen LogP contribution is -2.18. The first-order chi connectivity index (χ1) is 9.31. The predicted octanol–water partition coefficient (Wildman–Crippen LogP) is 3.48. The third kappa shape index (κ3) is 4.13. The van der Waals surface area contributed by atoms with Gasteiger partial charge in [-0.3, -0.25) is 0 Å². The Morgan fingerprint density at radius 2 is 2.05 bits per heavy atom. The van der Waals surface area contributed by atoms with Crippen molar-refractivity contribution in [1.82, 2.24) is 5.32 Å². The van der Waals surface area contributed by atoms with Gasteiger partial charge in [-0.1, -0.05) is 30.0 Å². The fraction of sp³-hybridized carbons (Fsp3) is 0.333. The third-order valence-electron chi connectivity index (χ3n) is 2.80. The van der Waals surface area contributed by atoms with Crippen molar-refractivity contribution in [2.45, 2.75) is 23.3 Å². The molecule has 0 atom stereocenters. The molecule has 0 fully saturated rings. The average molecular weight is 277 g/mol. The first kappa shape index (κ1) is 14.2. The second kappa shape index (κ2) is 7.38. The van der Waals surface area contributed by atoms with Crippen LogP contribution < -0.4 is 5.32 Å². The quantitative estimate of drug-likeness (QED) is 0.786. The number of ether oxygens (including phenoxy) is 1. The molecule has 19 heavy (non-hydrogen) atoms. The molecule has 1 aromatic heterocycles. The summed E-state index contributed by atoms with van der Waals surface area (Å²) < 4.78 is 10.4. The summed E-state index contributed by atoms with van der Waals surface area (Å²) in [5.74, 6) is 0.965.